The zero-order chi connectivity index (χ0) is 35.8. The van der Waals surface area contributed by atoms with Crippen LogP contribution in [0.5, 0.6) is 11.5 Å². The van der Waals surface area contributed by atoms with E-state index in [-0.39, 0.29) is 38.1 Å². The van der Waals surface area contributed by atoms with Gasteiger partial charge in [0, 0.05) is 5.41 Å². The van der Waals surface area contributed by atoms with E-state index in [4.69, 9.17) is 0 Å². The van der Waals surface area contributed by atoms with Crippen LogP contribution in [0.4, 0.5) is 0 Å². The topological polar surface area (TPSA) is 162 Å². The quantitative estimate of drug-likeness (QED) is 0.109. The van der Waals surface area contributed by atoms with Gasteiger partial charge < -0.3 is 10.2 Å². The predicted octanol–water partition coefficient (Wildman–Crippen LogP) is 5.25. The number of aromatic hydroxyl groups is 2. The molecule has 0 bridgehead atoms. The molecule has 0 atom stereocenters. The molecule has 0 heterocycles. The summed E-state index contributed by atoms with van der Waals surface area (Å²) in [4.78, 5) is 61.0. The number of phenols is 2. The summed E-state index contributed by atoms with van der Waals surface area (Å²) in [5.74, 6) is 0.547. The third-order valence-electron chi connectivity index (χ3n) is 8.10. The SMILES string of the molecule is CC(C)(c1ccc(O)cc1)c1ccc(O)cc1.OP(O)(O)(c1ccccc1)c1ccccc1.OP(O)(O)(c1ccccc1)c1ccccc1. The van der Waals surface area contributed by atoms with Crippen molar-refractivity contribution in [3.05, 3.63) is 181 Å². The Kier molecular flexibility index (Phi) is 11.1. The van der Waals surface area contributed by atoms with Crippen LogP contribution in [0.3, 0.4) is 0 Å². The summed E-state index contributed by atoms with van der Waals surface area (Å²) in [6.07, 6.45) is 0. The Labute approximate surface area is 286 Å². The van der Waals surface area contributed by atoms with Gasteiger partial charge in [-0.1, -0.05) is 38.1 Å². The number of benzene rings is 6. The first-order valence-corrected chi connectivity index (χ1v) is 19.5. The maximum absolute atomic E-state index is 10.2. The number of phenolic OH excluding ortho intramolecular Hbond substituents is 2. The fourth-order valence-corrected chi connectivity index (χ4v) is 8.51. The van der Waals surface area contributed by atoms with Crippen molar-refractivity contribution in [2.75, 3.05) is 0 Å². The van der Waals surface area contributed by atoms with Crippen molar-refractivity contribution >= 4 is 35.8 Å². The molecule has 6 aromatic carbocycles. The molecule has 0 spiro atoms. The van der Waals surface area contributed by atoms with E-state index in [9.17, 15) is 39.6 Å². The van der Waals surface area contributed by atoms with Crippen LogP contribution in [0.15, 0.2) is 170 Å². The Morgan fingerprint density at radius 1 is 0.327 bits per heavy atom. The Morgan fingerprint density at radius 3 is 0.735 bits per heavy atom. The van der Waals surface area contributed by atoms with E-state index >= 15 is 0 Å². The second-order valence-electron chi connectivity index (χ2n) is 12.0. The van der Waals surface area contributed by atoms with Gasteiger partial charge in [-0.3, -0.25) is 0 Å². The van der Waals surface area contributed by atoms with E-state index in [1.54, 1.807) is 97.1 Å². The van der Waals surface area contributed by atoms with E-state index in [0.717, 1.165) is 11.1 Å². The molecule has 0 amide bonds. The van der Waals surface area contributed by atoms with Crippen LogP contribution < -0.4 is 21.2 Å². The molecular formula is C39H42O8P2. The number of rotatable bonds is 6. The monoisotopic (exact) mass is 700 g/mol. The van der Waals surface area contributed by atoms with Gasteiger partial charge in [0.15, 0.2) is 0 Å². The van der Waals surface area contributed by atoms with Crippen LogP contribution in [0.1, 0.15) is 25.0 Å². The van der Waals surface area contributed by atoms with Gasteiger partial charge in [-0.05, 0) is 35.4 Å². The van der Waals surface area contributed by atoms with Crippen molar-refractivity contribution in [3.8, 4) is 11.5 Å². The molecular weight excluding hydrogens is 658 g/mol. The van der Waals surface area contributed by atoms with Gasteiger partial charge in [-0.15, -0.1) is 0 Å². The van der Waals surface area contributed by atoms with E-state index in [1.807, 2.05) is 24.3 Å². The van der Waals surface area contributed by atoms with Gasteiger partial charge in [-0.2, -0.15) is 0 Å². The second kappa shape index (κ2) is 14.6. The summed E-state index contributed by atoms with van der Waals surface area (Å²) in [5, 5.41) is 19.1. The molecule has 0 saturated heterocycles. The first kappa shape index (κ1) is 37.4. The average molecular weight is 701 g/mol. The average Bonchev–Trinajstić information content (AvgIpc) is 3.11. The van der Waals surface area contributed by atoms with Crippen molar-refractivity contribution in [3.63, 3.8) is 0 Å². The van der Waals surface area contributed by atoms with Crippen LogP contribution >= 0.6 is 14.6 Å². The van der Waals surface area contributed by atoms with Gasteiger partial charge in [0.25, 0.3) is 0 Å². The third kappa shape index (κ3) is 8.97. The molecule has 0 radical (unpaired) electrons. The first-order chi connectivity index (χ1) is 23.0. The number of hydrogen-bond acceptors (Lipinski definition) is 8. The molecule has 0 unspecified atom stereocenters. The van der Waals surface area contributed by atoms with Gasteiger partial charge >= 0.3 is 186 Å². The molecule has 8 nitrogen and oxygen atoms in total. The Hall–Kier alpha value is -4.46. The molecule has 49 heavy (non-hydrogen) atoms. The van der Waals surface area contributed by atoms with Crippen LogP contribution in [-0.4, -0.2) is 39.6 Å². The van der Waals surface area contributed by atoms with Gasteiger partial charge in [-0.25, -0.2) is 0 Å². The molecule has 256 valence electrons. The van der Waals surface area contributed by atoms with E-state index < -0.39 is 14.6 Å². The summed E-state index contributed by atoms with van der Waals surface area (Å²) in [6, 6.07) is 46.7. The summed E-state index contributed by atoms with van der Waals surface area (Å²) < 4.78 is 0. The van der Waals surface area contributed by atoms with Crippen molar-refractivity contribution in [2.24, 2.45) is 0 Å². The zero-order valence-corrected chi connectivity index (χ0v) is 28.9. The van der Waals surface area contributed by atoms with Gasteiger partial charge in [0.1, 0.15) is 11.5 Å². The molecule has 0 fully saturated rings. The van der Waals surface area contributed by atoms with E-state index in [0.29, 0.717) is 0 Å². The summed E-state index contributed by atoms with van der Waals surface area (Å²) >= 11 is 0. The Morgan fingerprint density at radius 2 is 0.531 bits per heavy atom. The van der Waals surface area contributed by atoms with E-state index in [2.05, 4.69) is 13.8 Å². The fraction of sp³-hybridized carbons (Fsp3) is 0.0769. The van der Waals surface area contributed by atoms with Crippen LogP contribution in [0, 0.1) is 0 Å². The molecule has 6 aromatic rings. The van der Waals surface area contributed by atoms with Gasteiger partial charge in [0.05, 0.1) is 0 Å². The van der Waals surface area contributed by atoms with Gasteiger partial charge in [0.2, 0.25) is 0 Å². The first-order valence-electron chi connectivity index (χ1n) is 15.3. The normalized spacial score (nSPS) is 13.1. The van der Waals surface area contributed by atoms with Crippen molar-refractivity contribution in [1.29, 1.82) is 0 Å². The summed E-state index contributed by atoms with van der Waals surface area (Å²) in [5.41, 5.74) is 2.10. The standard InChI is InChI=1S/C15H16O2.2C12H13O3P/c1-15(2,11-3-7-13(16)8-4-11)12-5-9-14(17)10-6-12;2*13-16(14,15,11-7-3-1-4-8-11)12-9-5-2-6-10-12/h3-10,16-17H,1-2H3;2*1-10,13-15H. The van der Waals surface area contributed by atoms with Crippen molar-refractivity contribution in [2.45, 2.75) is 19.3 Å². The minimum atomic E-state index is -4.93. The summed E-state index contributed by atoms with van der Waals surface area (Å²) in [7, 11) is -9.87. The Balaban J connectivity index is 0.000000166. The van der Waals surface area contributed by atoms with Crippen LogP contribution in [0.2, 0.25) is 0 Å². The Bertz CT molecular complexity index is 1670. The predicted molar refractivity (Wildman–Crippen MR) is 200 cm³/mol. The molecule has 0 aliphatic rings. The molecule has 0 saturated carbocycles. The van der Waals surface area contributed by atoms with Crippen molar-refractivity contribution < 1.29 is 39.6 Å². The van der Waals surface area contributed by atoms with E-state index in [1.165, 1.54) is 48.5 Å². The molecule has 8 N–H and O–H groups in total. The molecule has 0 aromatic heterocycles. The maximum atomic E-state index is 10.2. The minimum absolute atomic E-state index is 0.139. The fourth-order valence-electron chi connectivity index (χ4n) is 5.03. The van der Waals surface area contributed by atoms with Crippen LogP contribution in [-0.2, 0) is 5.41 Å². The molecule has 0 aliphatic heterocycles. The zero-order valence-electron chi connectivity index (χ0n) is 27.1. The summed E-state index contributed by atoms with van der Waals surface area (Å²) in [6.45, 7) is 4.23. The third-order valence-corrected chi connectivity index (χ3v) is 13.1. The molecule has 6 rings (SSSR count). The molecule has 0 aliphatic carbocycles. The van der Waals surface area contributed by atoms with Crippen molar-refractivity contribution in [1.82, 2.24) is 0 Å². The number of hydrogen-bond donors (Lipinski definition) is 8. The van der Waals surface area contributed by atoms with Crippen LogP contribution in [0.25, 0.3) is 0 Å². The second-order valence-corrected chi connectivity index (χ2v) is 18.0. The molecule has 10 heteroatoms.